The van der Waals surface area contributed by atoms with Crippen molar-refractivity contribution in [2.45, 2.75) is 26.7 Å². The molecule has 0 saturated heterocycles. The van der Waals surface area contributed by atoms with Gasteiger partial charge in [0.2, 0.25) is 0 Å². The average Bonchev–Trinajstić information content (AvgIpc) is 2.59. The SMILES string of the molecule is CCCCN(CC)c1cscn1. The number of anilines is 1. The first-order valence-corrected chi connectivity index (χ1v) is 5.45. The van der Waals surface area contributed by atoms with E-state index in [1.807, 2.05) is 5.51 Å². The molecule has 68 valence electrons. The van der Waals surface area contributed by atoms with Crippen LogP contribution in [0.15, 0.2) is 10.9 Å². The summed E-state index contributed by atoms with van der Waals surface area (Å²) in [5, 5.41) is 2.11. The Labute approximate surface area is 78.2 Å². The lowest BCUT2D eigenvalue weighted by Gasteiger charge is -2.19. The minimum Gasteiger partial charge on any atom is -0.356 e. The van der Waals surface area contributed by atoms with Crippen LogP contribution in [-0.2, 0) is 0 Å². The Balaban J connectivity index is 2.45. The quantitative estimate of drug-likeness (QED) is 0.699. The maximum atomic E-state index is 4.28. The number of hydrogen-bond donors (Lipinski definition) is 0. The van der Waals surface area contributed by atoms with E-state index in [9.17, 15) is 0 Å². The van der Waals surface area contributed by atoms with Gasteiger partial charge in [-0.1, -0.05) is 13.3 Å². The molecule has 0 atom stereocenters. The molecule has 0 unspecified atom stereocenters. The Bertz CT molecular complexity index is 196. The average molecular weight is 184 g/mol. The topological polar surface area (TPSA) is 16.1 Å². The Hall–Kier alpha value is -0.570. The Kier molecular flexibility index (Phi) is 4.08. The molecule has 0 N–H and O–H groups in total. The summed E-state index contributed by atoms with van der Waals surface area (Å²) >= 11 is 1.66. The predicted octanol–water partition coefficient (Wildman–Crippen LogP) is 2.77. The molecule has 1 aromatic rings. The van der Waals surface area contributed by atoms with Gasteiger partial charge in [0, 0.05) is 18.5 Å². The number of aromatic nitrogens is 1. The third kappa shape index (κ3) is 2.48. The first-order valence-electron chi connectivity index (χ1n) is 4.51. The number of unbranched alkanes of at least 4 members (excludes halogenated alkanes) is 1. The molecular weight excluding hydrogens is 168 g/mol. The summed E-state index contributed by atoms with van der Waals surface area (Å²) in [5.41, 5.74) is 1.89. The molecule has 3 heteroatoms. The molecule has 0 spiro atoms. The van der Waals surface area contributed by atoms with Crippen molar-refractivity contribution in [2.75, 3.05) is 18.0 Å². The molecule has 0 aliphatic rings. The molecular formula is C9H16N2S. The highest BCUT2D eigenvalue weighted by molar-refractivity contribution is 7.07. The van der Waals surface area contributed by atoms with Crippen molar-refractivity contribution in [2.24, 2.45) is 0 Å². The van der Waals surface area contributed by atoms with Gasteiger partial charge in [0.1, 0.15) is 5.82 Å². The summed E-state index contributed by atoms with van der Waals surface area (Å²) in [7, 11) is 0. The van der Waals surface area contributed by atoms with Gasteiger partial charge in [-0.15, -0.1) is 11.3 Å². The smallest absolute Gasteiger partial charge is 0.139 e. The lowest BCUT2D eigenvalue weighted by Crippen LogP contribution is -2.23. The van der Waals surface area contributed by atoms with Crippen LogP contribution in [0.2, 0.25) is 0 Å². The van der Waals surface area contributed by atoms with Gasteiger partial charge in [-0.3, -0.25) is 0 Å². The Morgan fingerprint density at radius 3 is 2.83 bits per heavy atom. The van der Waals surface area contributed by atoms with Crippen molar-refractivity contribution in [1.29, 1.82) is 0 Å². The van der Waals surface area contributed by atoms with E-state index in [2.05, 4.69) is 29.1 Å². The number of hydrogen-bond acceptors (Lipinski definition) is 3. The van der Waals surface area contributed by atoms with Gasteiger partial charge in [0.15, 0.2) is 0 Å². The Morgan fingerprint density at radius 2 is 2.33 bits per heavy atom. The van der Waals surface area contributed by atoms with Crippen molar-refractivity contribution < 1.29 is 0 Å². The van der Waals surface area contributed by atoms with E-state index in [4.69, 9.17) is 0 Å². The molecule has 12 heavy (non-hydrogen) atoms. The maximum Gasteiger partial charge on any atom is 0.139 e. The van der Waals surface area contributed by atoms with Crippen molar-refractivity contribution in [3.63, 3.8) is 0 Å². The van der Waals surface area contributed by atoms with Crippen LogP contribution in [0.4, 0.5) is 5.82 Å². The predicted molar refractivity (Wildman–Crippen MR) is 54.9 cm³/mol. The first-order chi connectivity index (χ1) is 5.88. The maximum absolute atomic E-state index is 4.28. The van der Waals surface area contributed by atoms with Crippen LogP contribution in [0.25, 0.3) is 0 Å². The lowest BCUT2D eigenvalue weighted by atomic mass is 10.3. The molecule has 0 amide bonds. The van der Waals surface area contributed by atoms with Crippen molar-refractivity contribution in [3.8, 4) is 0 Å². The largest absolute Gasteiger partial charge is 0.356 e. The third-order valence-electron chi connectivity index (χ3n) is 1.91. The van der Waals surface area contributed by atoms with E-state index >= 15 is 0 Å². The van der Waals surface area contributed by atoms with Gasteiger partial charge in [-0.25, -0.2) is 4.98 Å². The molecule has 2 nitrogen and oxygen atoms in total. The van der Waals surface area contributed by atoms with Gasteiger partial charge in [-0.2, -0.15) is 0 Å². The summed E-state index contributed by atoms with van der Waals surface area (Å²) in [6, 6.07) is 0. The van der Waals surface area contributed by atoms with E-state index in [1.165, 1.54) is 12.8 Å². The first kappa shape index (κ1) is 9.52. The minimum absolute atomic E-state index is 1.06. The van der Waals surface area contributed by atoms with Gasteiger partial charge in [0.05, 0.1) is 5.51 Å². The summed E-state index contributed by atoms with van der Waals surface area (Å²) < 4.78 is 0. The van der Waals surface area contributed by atoms with Crippen LogP contribution in [0, 0.1) is 0 Å². The van der Waals surface area contributed by atoms with Crippen LogP contribution in [0.3, 0.4) is 0 Å². The van der Waals surface area contributed by atoms with E-state index in [-0.39, 0.29) is 0 Å². The number of rotatable bonds is 5. The van der Waals surface area contributed by atoms with E-state index in [0.717, 1.165) is 18.9 Å². The zero-order valence-electron chi connectivity index (χ0n) is 7.79. The van der Waals surface area contributed by atoms with Gasteiger partial charge < -0.3 is 4.90 Å². The second-order valence-electron chi connectivity index (χ2n) is 2.78. The van der Waals surface area contributed by atoms with Crippen molar-refractivity contribution >= 4 is 17.2 Å². The molecule has 0 radical (unpaired) electrons. The van der Waals surface area contributed by atoms with E-state index in [1.54, 1.807) is 11.3 Å². The molecule has 0 aromatic carbocycles. The summed E-state index contributed by atoms with van der Waals surface area (Å²) in [4.78, 5) is 6.60. The van der Waals surface area contributed by atoms with Crippen LogP contribution in [0.1, 0.15) is 26.7 Å². The van der Waals surface area contributed by atoms with Crippen molar-refractivity contribution in [3.05, 3.63) is 10.9 Å². The molecule has 0 saturated carbocycles. The lowest BCUT2D eigenvalue weighted by molar-refractivity contribution is 0.726. The summed E-state index contributed by atoms with van der Waals surface area (Å²) in [6.45, 7) is 6.59. The van der Waals surface area contributed by atoms with Crippen molar-refractivity contribution in [1.82, 2.24) is 4.98 Å². The van der Waals surface area contributed by atoms with Crippen LogP contribution < -0.4 is 4.90 Å². The fraction of sp³-hybridized carbons (Fsp3) is 0.667. The van der Waals surface area contributed by atoms with Gasteiger partial charge in [-0.05, 0) is 13.3 Å². The standard InChI is InChI=1S/C9H16N2S/c1-3-5-6-11(4-2)9-7-12-8-10-9/h7-8H,3-6H2,1-2H3. The van der Waals surface area contributed by atoms with Gasteiger partial charge >= 0.3 is 0 Å². The zero-order valence-corrected chi connectivity index (χ0v) is 8.60. The summed E-state index contributed by atoms with van der Waals surface area (Å²) in [5.74, 6) is 1.14. The second-order valence-corrected chi connectivity index (χ2v) is 3.50. The van der Waals surface area contributed by atoms with Crippen LogP contribution in [0.5, 0.6) is 0 Å². The highest BCUT2D eigenvalue weighted by atomic mass is 32.1. The number of nitrogens with zero attached hydrogens (tertiary/aromatic N) is 2. The van der Waals surface area contributed by atoms with Crippen LogP contribution >= 0.6 is 11.3 Å². The second kappa shape index (κ2) is 5.14. The highest BCUT2D eigenvalue weighted by Crippen LogP contribution is 2.13. The molecule has 0 bridgehead atoms. The number of thiazole rings is 1. The Morgan fingerprint density at radius 1 is 1.50 bits per heavy atom. The fourth-order valence-corrected chi connectivity index (χ4v) is 1.71. The molecule has 1 rings (SSSR count). The molecule has 1 aromatic heterocycles. The zero-order chi connectivity index (χ0) is 8.81. The summed E-state index contributed by atoms with van der Waals surface area (Å²) in [6.07, 6.45) is 2.51. The third-order valence-corrected chi connectivity index (χ3v) is 2.48. The molecule has 0 aliphatic heterocycles. The molecule has 1 heterocycles. The molecule has 0 fully saturated rings. The highest BCUT2D eigenvalue weighted by Gasteiger charge is 2.03. The molecule has 0 aliphatic carbocycles. The van der Waals surface area contributed by atoms with E-state index in [0.29, 0.717) is 0 Å². The van der Waals surface area contributed by atoms with E-state index < -0.39 is 0 Å². The minimum atomic E-state index is 1.06. The van der Waals surface area contributed by atoms with Crippen LogP contribution in [-0.4, -0.2) is 18.1 Å². The monoisotopic (exact) mass is 184 g/mol. The van der Waals surface area contributed by atoms with Gasteiger partial charge in [0.25, 0.3) is 0 Å². The fourth-order valence-electron chi connectivity index (χ4n) is 1.15. The normalized spacial score (nSPS) is 10.2.